The van der Waals surface area contributed by atoms with Crippen LogP contribution in [0.5, 0.6) is 0 Å². The largest absolute Gasteiger partial charge is 0.480 e. The van der Waals surface area contributed by atoms with Crippen LogP contribution < -0.4 is 10.4 Å². The molecule has 0 saturated heterocycles. The molecule has 0 aliphatic rings. The summed E-state index contributed by atoms with van der Waals surface area (Å²) in [5.74, 6) is -2.47. The third kappa shape index (κ3) is 5.85. The van der Waals surface area contributed by atoms with Gasteiger partial charge >= 0.3 is 12.1 Å². The molecule has 1 aromatic carbocycles. The van der Waals surface area contributed by atoms with Gasteiger partial charge < -0.3 is 20.1 Å². The fraction of sp³-hybridized carbons (Fsp3) is 0.385. The van der Waals surface area contributed by atoms with Crippen LogP contribution in [-0.2, 0) is 20.7 Å². The summed E-state index contributed by atoms with van der Waals surface area (Å²) in [6, 6.07) is 7.72. The summed E-state index contributed by atoms with van der Waals surface area (Å²) < 4.78 is 16.9. The molecule has 0 fully saturated rings. The van der Waals surface area contributed by atoms with Gasteiger partial charge in [-0.05, 0) is 19.4 Å². The van der Waals surface area contributed by atoms with E-state index in [0.717, 1.165) is 5.56 Å². The Bertz CT molecular complexity index is 565. The zero-order valence-corrected chi connectivity index (χ0v) is 13.1. The number of amides is 1. The van der Waals surface area contributed by atoms with Gasteiger partial charge in [-0.1, -0.05) is 30.3 Å². The first kappa shape index (κ1) is 18.2. The van der Waals surface area contributed by atoms with Crippen LogP contribution in [0.2, 0.25) is 0 Å². The van der Waals surface area contributed by atoms with E-state index in [-0.39, 0.29) is 6.61 Å². The lowest BCUT2D eigenvalue weighted by Gasteiger charge is -2.22. The number of alkyl carbamates (subject to hydrolysis) is 1. The maximum absolute atomic E-state index is 11.9. The third-order valence-corrected chi connectivity index (χ3v) is 4.75. The van der Waals surface area contributed by atoms with Crippen LogP contribution in [0.1, 0.15) is 19.4 Å². The highest BCUT2D eigenvalue weighted by molar-refractivity contribution is 7.56. The standard InChI is InChI=1S/C13H19N2O6P/c1-9(12(16)17)15-22(19,20)10(2)14-13(18)21-8-11-6-4-3-5-7-11/h3-7,9-10H,8H2,1-2H3,(H,14,18)(H,16,17)(H2,15,19,20)/t9-,10?/m1/s1. The fourth-order valence-electron chi connectivity index (χ4n) is 1.47. The third-order valence-electron chi connectivity index (χ3n) is 2.81. The van der Waals surface area contributed by atoms with Gasteiger partial charge in [-0.2, -0.15) is 0 Å². The lowest BCUT2D eigenvalue weighted by atomic mass is 10.2. The minimum atomic E-state index is -4.09. The van der Waals surface area contributed by atoms with Gasteiger partial charge in [0.25, 0.3) is 7.52 Å². The van der Waals surface area contributed by atoms with E-state index >= 15 is 0 Å². The van der Waals surface area contributed by atoms with Gasteiger partial charge in [0.05, 0.1) is 0 Å². The van der Waals surface area contributed by atoms with E-state index < -0.39 is 31.4 Å². The molecular weight excluding hydrogens is 311 g/mol. The Morgan fingerprint density at radius 2 is 1.86 bits per heavy atom. The molecule has 4 N–H and O–H groups in total. The van der Waals surface area contributed by atoms with Gasteiger partial charge in [0.1, 0.15) is 18.4 Å². The maximum Gasteiger partial charge on any atom is 0.408 e. The zero-order valence-electron chi connectivity index (χ0n) is 12.2. The van der Waals surface area contributed by atoms with Crippen molar-refractivity contribution >= 4 is 19.6 Å². The van der Waals surface area contributed by atoms with Gasteiger partial charge in [0.15, 0.2) is 0 Å². The predicted molar refractivity (Wildman–Crippen MR) is 79.3 cm³/mol. The number of benzene rings is 1. The predicted octanol–water partition coefficient (Wildman–Crippen LogP) is 1.51. The van der Waals surface area contributed by atoms with Crippen LogP contribution in [-0.4, -0.2) is 33.9 Å². The van der Waals surface area contributed by atoms with Crippen molar-refractivity contribution in [2.45, 2.75) is 32.3 Å². The van der Waals surface area contributed by atoms with Crippen LogP contribution in [0.25, 0.3) is 0 Å². The molecule has 22 heavy (non-hydrogen) atoms. The number of carbonyl (C=O) groups excluding carboxylic acids is 1. The van der Waals surface area contributed by atoms with Crippen LogP contribution >= 0.6 is 7.52 Å². The Morgan fingerprint density at radius 3 is 2.41 bits per heavy atom. The SMILES string of the molecule is CC(NC(=O)OCc1ccccc1)P(=O)(O)N[C@H](C)C(=O)O. The molecule has 0 bridgehead atoms. The average Bonchev–Trinajstić information content (AvgIpc) is 2.45. The smallest absolute Gasteiger partial charge is 0.408 e. The molecule has 2 unspecified atom stereocenters. The highest BCUT2D eigenvalue weighted by Crippen LogP contribution is 2.40. The van der Waals surface area contributed by atoms with Crippen molar-refractivity contribution in [2.75, 3.05) is 0 Å². The van der Waals surface area contributed by atoms with E-state index in [2.05, 4.69) is 10.4 Å². The van der Waals surface area contributed by atoms with E-state index in [1.54, 1.807) is 24.3 Å². The van der Waals surface area contributed by atoms with Gasteiger partial charge in [-0.15, -0.1) is 0 Å². The number of aliphatic carboxylic acids is 1. The number of hydrogen-bond acceptors (Lipinski definition) is 4. The highest BCUT2D eigenvalue weighted by atomic mass is 31.2. The van der Waals surface area contributed by atoms with E-state index in [9.17, 15) is 19.0 Å². The first-order valence-electron chi connectivity index (χ1n) is 6.52. The second-order valence-corrected chi connectivity index (χ2v) is 6.97. The van der Waals surface area contributed by atoms with Crippen LogP contribution in [0.15, 0.2) is 30.3 Å². The molecule has 122 valence electrons. The highest BCUT2D eigenvalue weighted by Gasteiger charge is 2.32. The number of carboxylic acid groups (broad SMARTS) is 1. The summed E-state index contributed by atoms with van der Waals surface area (Å²) in [5.41, 5.74) is 0.773. The molecule has 0 saturated carbocycles. The summed E-state index contributed by atoms with van der Waals surface area (Å²) in [6.07, 6.45) is -0.865. The van der Waals surface area contributed by atoms with Crippen molar-refractivity contribution in [3.63, 3.8) is 0 Å². The van der Waals surface area contributed by atoms with Crippen molar-refractivity contribution in [2.24, 2.45) is 0 Å². The number of hydrogen-bond donors (Lipinski definition) is 4. The normalized spacial score (nSPS) is 16.1. The molecule has 0 radical (unpaired) electrons. The van der Waals surface area contributed by atoms with Gasteiger partial charge in [0, 0.05) is 0 Å². The molecule has 1 amide bonds. The van der Waals surface area contributed by atoms with Crippen LogP contribution in [0.4, 0.5) is 4.79 Å². The molecule has 0 heterocycles. The Morgan fingerprint density at radius 1 is 1.27 bits per heavy atom. The van der Waals surface area contributed by atoms with Gasteiger partial charge in [-0.3, -0.25) is 9.36 Å². The first-order chi connectivity index (χ1) is 10.2. The lowest BCUT2D eigenvalue weighted by Crippen LogP contribution is -2.40. The molecule has 0 aliphatic carbocycles. The van der Waals surface area contributed by atoms with Crippen molar-refractivity contribution in [3.8, 4) is 0 Å². The van der Waals surface area contributed by atoms with E-state index in [0.29, 0.717) is 0 Å². The molecule has 0 aromatic heterocycles. The van der Waals surface area contributed by atoms with Crippen LogP contribution in [0, 0.1) is 0 Å². The van der Waals surface area contributed by atoms with E-state index in [4.69, 9.17) is 9.84 Å². The average molecular weight is 330 g/mol. The summed E-state index contributed by atoms with van der Waals surface area (Å²) in [6.45, 7) is 2.53. The molecule has 1 rings (SSSR count). The number of nitrogens with one attached hydrogen (secondary N) is 2. The van der Waals surface area contributed by atoms with Crippen molar-refractivity contribution in [3.05, 3.63) is 35.9 Å². The number of rotatable bonds is 7. The van der Waals surface area contributed by atoms with E-state index in [1.165, 1.54) is 13.8 Å². The quantitative estimate of drug-likeness (QED) is 0.558. The summed E-state index contributed by atoms with van der Waals surface area (Å²) in [5, 5.41) is 13.0. The number of carbonyl (C=O) groups is 2. The molecular formula is C13H19N2O6P. The van der Waals surface area contributed by atoms with Crippen molar-refractivity contribution < 1.29 is 28.9 Å². The van der Waals surface area contributed by atoms with Gasteiger partial charge in [-0.25, -0.2) is 9.88 Å². The second kappa shape index (κ2) is 7.93. The molecule has 0 aliphatic heterocycles. The lowest BCUT2D eigenvalue weighted by molar-refractivity contribution is -0.138. The fourth-order valence-corrected chi connectivity index (χ4v) is 2.64. The number of ether oxygens (including phenoxy) is 1. The molecule has 0 spiro atoms. The zero-order chi connectivity index (χ0) is 16.8. The minimum absolute atomic E-state index is 0.0219. The Kier molecular flexibility index (Phi) is 6.55. The van der Waals surface area contributed by atoms with Crippen LogP contribution in [0.3, 0.4) is 0 Å². The second-order valence-electron chi connectivity index (χ2n) is 4.69. The van der Waals surface area contributed by atoms with E-state index in [1.807, 2.05) is 6.07 Å². The van der Waals surface area contributed by atoms with Crippen molar-refractivity contribution in [1.29, 1.82) is 0 Å². The topological polar surface area (TPSA) is 125 Å². The minimum Gasteiger partial charge on any atom is -0.480 e. The van der Waals surface area contributed by atoms with Gasteiger partial charge in [0.2, 0.25) is 0 Å². The summed E-state index contributed by atoms with van der Waals surface area (Å²) in [7, 11) is -4.09. The first-order valence-corrected chi connectivity index (χ1v) is 8.25. The maximum atomic E-state index is 11.9. The monoisotopic (exact) mass is 330 g/mol. The number of carboxylic acids is 1. The molecule has 8 nitrogen and oxygen atoms in total. The van der Waals surface area contributed by atoms with Crippen molar-refractivity contribution in [1.82, 2.24) is 10.4 Å². The Labute approximate surface area is 128 Å². The summed E-state index contributed by atoms with van der Waals surface area (Å²) >= 11 is 0. The molecule has 9 heteroatoms. The molecule has 1 aromatic rings. The summed E-state index contributed by atoms with van der Waals surface area (Å²) in [4.78, 5) is 32.0. The Balaban J connectivity index is 2.49. The Hall–Kier alpha value is -1.89. The molecule has 3 atom stereocenters.